The first kappa shape index (κ1) is 19.6. The van der Waals surface area contributed by atoms with Crippen LogP contribution in [0.25, 0.3) is 0 Å². The van der Waals surface area contributed by atoms with Crippen LogP contribution in [0.3, 0.4) is 0 Å². The number of ether oxygens (including phenoxy) is 1. The maximum atomic E-state index is 12.7. The minimum atomic E-state index is -0.232. The predicted octanol–water partition coefficient (Wildman–Crippen LogP) is 1.91. The summed E-state index contributed by atoms with van der Waals surface area (Å²) in [4.78, 5) is 26.8. The van der Waals surface area contributed by atoms with Crippen molar-refractivity contribution in [2.45, 2.75) is 31.7 Å². The van der Waals surface area contributed by atoms with Crippen molar-refractivity contribution < 1.29 is 14.3 Å². The SMILES string of the molecule is COCCNC(=O)c1cn(C2CCC23CCN(C(=O)c2ccccc2)CC3)nn1. The van der Waals surface area contributed by atoms with Gasteiger partial charge in [-0.2, -0.15) is 0 Å². The Kier molecular flexibility index (Phi) is 5.62. The molecule has 1 aromatic carbocycles. The molecule has 2 amide bonds. The smallest absolute Gasteiger partial charge is 0.273 e. The van der Waals surface area contributed by atoms with Gasteiger partial charge in [0, 0.05) is 32.3 Å². The Balaban J connectivity index is 1.36. The number of nitrogens with zero attached hydrogens (tertiary/aromatic N) is 4. The van der Waals surface area contributed by atoms with Crippen molar-refractivity contribution in [1.82, 2.24) is 25.2 Å². The Morgan fingerprint density at radius 2 is 1.97 bits per heavy atom. The lowest BCUT2D eigenvalue weighted by molar-refractivity contribution is -0.0268. The second kappa shape index (κ2) is 8.32. The van der Waals surface area contributed by atoms with Crippen LogP contribution in [0.4, 0.5) is 0 Å². The summed E-state index contributed by atoms with van der Waals surface area (Å²) in [6.45, 7) is 2.41. The van der Waals surface area contributed by atoms with Gasteiger partial charge in [-0.25, -0.2) is 4.68 Å². The summed E-state index contributed by atoms with van der Waals surface area (Å²) < 4.78 is 6.79. The molecule has 1 aromatic heterocycles. The van der Waals surface area contributed by atoms with E-state index in [9.17, 15) is 9.59 Å². The highest BCUT2D eigenvalue weighted by atomic mass is 16.5. The van der Waals surface area contributed by atoms with Crippen molar-refractivity contribution >= 4 is 11.8 Å². The molecule has 1 unspecified atom stereocenters. The number of methoxy groups -OCH3 is 1. The maximum Gasteiger partial charge on any atom is 0.273 e. The molecule has 154 valence electrons. The summed E-state index contributed by atoms with van der Waals surface area (Å²) >= 11 is 0. The van der Waals surface area contributed by atoms with Gasteiger partial charge >= 0.3 is 0 Å². The number of aromatic nitrogens is 3. The molecule has 1 aliphatic heterocycles. The molecule has 1 aliphatic carbocycles. The third-order valence-corrected chi connectivity index (χ3v) is 6.34. The molecule has 1 saturated heterocycles. The maximum absolute atomic E-state index is 12.7. The quantitative estimate of drug-likeness (QED) is 0.752. The van der Waals surface area contributed by atoms with Crippen molar-refractivity contribution in [3.05, 3.63) is 47.8 Å². The zero-order valence-corrected chi connectivity index (χ0v) is 16.7. The molecule has 1 N–H and O–H groups in total. The van der Waals surface area contributed by atoms with E-state index in [1.54, 1.807) is 13.3 Å². The molecule has 29 heavy (non-hydrogen) atoms. The number of piperidine rings is 1. The van der Waals surface area contributed by atoms with Crippen molar-refractivity contribution in [1.29, 1.82) is 0 Å². The molecule has 4 rings (SSSR count). The second-order valence-electron chi connectivity index (χ2n) is 7.91. The lowest BCUT2D eigenvalue weighted by atomic mass is 9.59. The Bertz CT molecular complexity index is 858. The summed E-state index contributed by atoms with van der Waals surface area (Å²) in [5, 5.41) is 11.1. The van der Waals surface area contributed by atoms with Gasteiger partial charge in [-0.05, 0) is 43.2 Å². The average molecular weight is 397 g/mol. The molecule has 0 bridgehead atoms. The normalized spacial score (nSPS) is 20.3. The van der Waals surface area contributed by atoms with E-state index in [-0.39, 0.29) is 23.3 Å². The molecule has 2 heterocycles. The summed E-state index contributed by atoms with van der Waals surface area (Å²) in [6.07, 6.45) is 5.80. The average Bonchev–Trinajstić information content (AvgIpc) is 3.22. The third kappa shape index (κ3) is 3.89. The van der Waals surface area contributed by atoms with Crippen LogP contribution in [0.15, 0.2) is 36.5 Å². The van der Waals surface area contributed by atoms with Crippen LogP contribution in [0.5, 0.6) is 0 Å². The fraction of sp³-hybridized carbons (Fsp3) is 0.524. The lowest BCUT2D eigenvalue weighted by Gasteiger charge is -2.53. The van der Waals surface area contributed by atoms with Crippen LogP contribution in [-0.2, 0) is 4.74 Å². The van der Waals surface area contributed by atoms with Crippen molar-refractivity contribution in [2.24, 2.45) is 5.41 Å². The number of hydrogen-bond acceptors (Lipinski definition) is 5. The van der Waals surface area contributed by atoms with E-state index in [1.807, 2.05) is 39.9 Å². The third-order valence-electron chi connectivity index (χ3n) is 6.34. The Hall–Kier alpha value is -2.74. The fourth-order valence-electron chi connectivity index (χ4n) is 4.49. The van der Waals surface area contributed by atoms with Crippen molar-refractivity contribution in [3.63, 3.8) is 0 Å². The molecular formula is C21H27N5O3. The van der Waals surface area contributed by atoms with Gasteiger partial charge in [0.05, 0.1) is 18.8 Å². The topological polar surface area (TPSA) is 89.4 Å². The number of rotatable bonds is 6. The summed E-state index contributed by atoms with van der Waals surface area (Å²) in [5.41, 5.74) is 1.22. The molecule has 2 aromatic rings. The predicted molar refractivity (Wildman–Crippen MR) is 107 cm³/mol. The van der Waals surface area contributed by atoms with Crippen molar-refractivity contribution in [2.75, 3.05) is 33.4 Å². The first-order chi connectivity index (χ1) is 14.1. The molecule has 1 spiro atoms. The van der Waals surface area contributed by atoms with Gasteiger partial charge in [-0.15, -0.1) is 5.10 Å². The van der Waals surface area contributed by atoms with E-state index in [0.717, 1.165) is 44.3 Å². The van der Waals surface area contributed by atoms with Gasteiger partial charge in [-0.1, -0.05) is 23.4 Å². The molecule has 8 heteroatoms. The van der Waals surface area contributed by atoms with E-state index in [4.69, 9.17) is 4.74 Å². The highest BCUT2D eigenvalue weighted by molar-refractivity contribution is 5.94. The molecule has 1 atom stereocenters. The monoisotopic (exact) mass is 397 g/mol. The molecule has 8 nitrogen and oxygen atoms in total. The van der Waals surface area contributed by atoms with E-state index < -0.39 is 0 Å². The number of hydrogen-bond donors (Lipinski definition) is 1. The number of likely N-dealkylation sites (tertiary alicyclic amines) is 1. The number of nitrogens with one attached hydrogen (secondary N) is 1. The van der Waals surface area contributed by atoms with Crippen LogP contribution in [0.2, 0.25) is 0 Å². The first-order valence-corrected chi connectivity index (χ1v) is 10.2. The molecule has 1 saturated carbocycles. The lowest BCUT2D eigenvalue weighted by Crippen LogP contribution is -2.51. The summed E-state index contributed by atoms with van der Waals surface area (Å²) in [6, 6.07) is 9.69. The molecule has 2 aliphatic rings. The zero-order valence-electron chi connectivity index (χ0n) is 16.7. The van der Waals surface area contributed by atoms with Crippen molar-refractivity contribution in [3.8, 4) is 0 Å². The minimum absolute atomic E-state index is 0.104. The Labute approximate surface area is 170 Å². The van der Waals surface area contributed by atoms with Gasteiger partial charge in [0.15, 0.2) is 5.69 Å². The van der Waals surface area contributed by atoms with E-state index in [2.05, 4.69) is 15.6 Å². The fourth-order valence-corrected chi connectivity index (χ4v) is 4.49. The van der Waals surface area contributed by atoms with Crippen LogP contribution < -0.4 is 5.32 Å². The zero-order chi connectivity index (χ0) is 20.3. The van der Waals surface area contributed by atoms with Gasteiger partial charge in [0.2, 0.25) is 0 Å². The highest BCUT2D eigenvalue weighted by Crippen LogP contribution is 2.56. The standard InChI is InChI=1S/C21H27N5O3/c1-29-14-11-22-19(27)17-15-26(24-23-17)18-7-8-21(18)9-12-25(13-10-21)20(28)16-5-3-2-4-6-16/h2-6,15,18H,7-14H2,1H3,(H,22,27). The minimum Gasteiger partial charge on any atom is -0.383 e. The van der Waals surface area contributed by atoms with E-state index in [0.29, 0.717) is 18.8 Å². The van der Waals surface area contributed by atoms with Crippen LogP contribution in [-0.4, -0.2) is 65.1 Å². The number of benzene rings is 1. The Morgan fingerprint density at radius 3 is 2.62 bits per heavy atom. The summed E-state index contributed by atoms with van der Waals surface area (Å²) in [5.74, 6) is -0.128. The Morgan fingerprint density at radius 1 is 1.21 bits per heavy atom. The van der Waals surface area contributed by atoms with Crippen LogP contribution >= 0.6 is 0 Å². The second-order valence-corrected chi connectivity index (χ2v) is 7.91. The van der Waals surface area contributed by atoms with Crippen LogP contribution in [0, 0.1) is 5.41 Å². The molecule has 2 fully saturated rings. The van der Waals surface area contributed by atoms with E-state index in [1.165, 1.54) is 0 Å². The van der Waals surface area contributed by atoms with E-state index >= 15 is 0 Å². The van der Waals surface area contributed by atoms with Gasteiger partial charge < -0.3 is 15.0 Å². The largest absolute Gasteiger partial charge is 0.383 e. The first-order valence-electron chi connectivity index (χ1n) is 10.2. The number of carbonyl (C=O) groups is 2. The molecular weight excluding hydrogens is 370 g/mol. The van der Waals surface area contributed by atoms with Crippen LogP contribution in [0.1, 0.15) is 52.6 Å². The molecule has 0 radical (unpaired) electrons. The van der Waals surface area contributed by atoms with Gasteiger partial charge in [0.25, 0.3) is 11.8 Å². The summed E-state index contributed by atoms with van der Waals surface area (Å²) in [7, 11) is 1.59. The number of amides is 2. The van der Waals surface area contributed by atoms with Gasteiger partial charge in [0.1, 0.15) is 0 Å². The van der Waals surface area contributed by atoms with Gasteiger partial charge in [-0.3, -0.25) is 9.59 Å². The highest BCUT2D eigenvalue weighted by Gasteiger charge is 2.50. The number of carbonyl (C=O) groups excluding carboxylic acids is 2.